The van der Waals surface area contributed by atoms with Crippen LogP contribution in [0.5, 0.6) is 0 Å². The zero-order valence-electron chi connectivity index (χ0n) is 16.7. The molecule has 0 aromatic heterocycles. The number of ether oxygens (including phenoxy) is 2. The SMILES string of the molecule is CC(C)(C)OC(=O)c1ccc(N)c(CNC(=O)OC(C)(C)CCC(F)(F)F)c1. The largest absolute Gasteiger partial charge is 0.456 e. The maximum absolute atomic E-state index is 12.3. The van der Waals surface area contributed by atoms with Crippen molar-refractivity contribution in [1.82, 2.24) is 5.32 Å². The topological polar surface area (TPSA) is 90.6 Å². The van der Waals surface area contributed by atoms with Crippen LogP contribution < -0.4 is 11.1 Å². The Morgan fingerprint density at radius 2 is 1.64 bits per heavy atom. The lowest BCUT2D eigenvalue weighted by molar-refractivity contribution is -0.144. The van der Waals surface area contributed by atoms with Crippen LogP contribution >= 0.6 is 0 Å². The van der Waals surface area contributed by atoms with Gasteiger partial charge in [-0.25, -0.2) is 9.59 Å². The predicted molar refractivity (Wildman–Crippen MR) is 98.7 cm³/mol. The smallest absolute Gasteiger partial charge is 0.407 e. The van der Waals surface area contributed by atoms with E-state index in [1.165, 1.54) is 32.0 Å². The number of amides is 1. The summed E-state index contributed by atoms with van der Waals surface area (Å²) in [5, 5.41) is 2.43. The third kappa shape index (κ3) is 8.96. The molecular weight excluding hydrogens is 377 g/mol. The van der Waals surface area contributed by atoms with E-state index in [0.717, 1.165) is 0 Å². The molecule has 0 heterocycles. The van der Waals surface area contributed by atoms with E-state index >= 15 is 0 Å². The fraction of sp³-hybridized carbons (Fsp3) is 0.579. The summed E-state index contributed by atoms with van der Waals surface area (Å²) in [5.74, 6) is -0.537. The number of nitrogens with one attached hydrogen (secondary N) is 1. The van der Waals surface area contributed by atoms with E-state index in [0.29, 0.717) is 11.3 Å². The van der Waals surface area contributed by atoms with Gasteiger partial charge in [-0.05, 0) is 64.8 Å². The highest BCUT2D eigenvalue weighted by Crippen LogP contribution is 2.27. The van der Waals surface area contributed by atoms with E-state index < -0.39 is 35.9 Å². The van der Waals surface area contributed by atoms with Crippen LogP contribution in [0, 0.1) is 0 Å². The van der Waals surface area contributed by atoms with Gasteiger partial charge in [-0.3, -0.25) is 0 Å². The van der Waals surface area contributed by atoms with E-state index in [9.17, 15) is 22.8 Å². The van der Waals surface area contributed by atoms with Gasteiger partial charge >= 0.3 is 18.2 Å². The Labute approximate surface area is 162 Å². The summed E-state index contributed by atoms with van der Waals surface area (Å²) >= 11 is 0. The molecule has 0 radical (unpaired) electrons. The molecule has 1 aromatic rings. The molecule has 0 fully saturated rings. The molecule has 1 aromatic carbocycles. The van der Waals surface area contributed by atoms with Crippen LogP contribution in [0.2, 0.25) is 0 Å². The summed E-state index contributed by atoms with van der Waals surface area (Å²) in [7, 11) is 0. The third-order valence-corrected chi connectivity index (χ3v) is 3.58. The number of esters is 1. The first kappa shape index (κ1) is 23.6. The van der Waals surface area contributed by atoms with Gasteiger partial charge in [0.2, 0.25) is 0 Å². The fourth-order valence-corrected chi connectivity index (χ4v) is 2.17. The Bertz CT molecular complexity index is 710. The summed E-state index contributed by atoms with van der Waals surface area (Å²) in [4.78, 5) is 24.1. The van der Waals surface area contributed by atoms with Gasteiger partial charge in [0.15, 0.2) is 0 Å². The third-order valence-electron chi connectivity index (χ3n) is 3.58. The molecule has 3 N–H and O–H groups in total. The van der Waals surface area contributed by atoms with E-state index in [4.69, 9.17) is 15.2 Å². The van der Waals surface area contributed by atoms with Gasteiger partial charge in [-0.15, -0.1) is 0 Å². The molecule has 0 unspecified atom stereocenters. The minimum absolute atomic E-state index is 0.0589. The van der Waals surface area contributed by atoms with Crippen molar-refractivity contribution in [3.63, 3.8) is 0 Å². The van der Waals surface area contributed by atoms with Crippen molar-refractivity contribution < 1.29 is 32.2 Å². The molecule has 0 bridgehead atoms. The number of halogens is 3. The Morgan fingerprint density at radius 3 is 2.18 bits per heavy atom. The molecule has 9 heteroatoms. The van der Waals surface area contributed by atoms with Crippen molar-refractivity contribution >= 4 is 17.7 Å². The van der Waals surface area contributed by atoms with E-state index in [-0.39, 0.29) is 18.5 Å². The molecule has 0 saturated carbocycles. The molecule has 0 aliphatic rings. The molecule has 28 heavy (non-hydrogen) atoms. The van der Waals surface area contributed by atoms with Crippen LogP contribution in [0.25, 0.3) is 0 Å². The summed E-state index contributed by atoms with van der Waals surface area (Å²) in [6, 6.07) is 4.50. The zero-order chi connectivity index (χ0) is 21.8. The molecule has 0 spiro atoms. The Morgan fingerprint density at radius 1 is 1.04 bits per heavy atom. The maximum Gasteiger partial charge on any atom is 0.407 e. The van der Waals surface area contributed by atoms with Gasteiger partial charge in [-0.1, -0.05) is 0 Å². The summed E-state index contributed by atoms with van der Waals surface area (Å²) < 4.78 is 47.3. The second-order valence-electron chi connectivity index (χ2n) is 8.03. The van der Waals surface area contributed by atoms with Gasteiger partial charge in [0.25, 0.3) is 0 Å². The second-order valence-corrected chi connectivity index (χ2v) is 8.03. The summed E-state index contributed by atoms with van der Waals surface area (Å²) in [5.41, 5.74) is 4.96. The number of carbonyl (C=O) groups is 2. The van der Waals surface area contributed by atoms with Crippen molar-refractivity contribution in [2.45, 2.75) is 71.4 Å². The fourth-order valence-electron chi connectivity index (χ4n) is 2.17. The summed E-state index contributed by atoms with van der Waals surface area (Å²) in [6.07, 6.45) is -6.62. The van der Waals surface area contributed by atoms with Crippen LogP contribution in [-0.2, 0) is 16.0 Å². The number of rotatable bonds is 6. The highest BCUT2D eigenvalue weighted by Gasteiger charge is 2.33. The molecule has 6 nitrogen and oxygen atoms in total. The van der Waals surface area contributed by atoms with Crippen molar-refractivity contribution in [1.29, 1.82) is 0 Å². The van der Waals surface area contributed by atoms with E-state index in [1.54, 1.807) is 20.8 Å². The number of benzene rings is 1. The van der Waals surface area contributed by atoms with Gasteiger partial charge < -0.3 is 20.5 Å². The number of alkyl halides is 3. The monoisotopic (exact) mass is 404 g/mol. The van der Waals surface area contributed by atoms with Gasteiger partial charge in [0, 0.05) is 18.7 Å². The Kier molecular flexibility index (Phi) is 7.33. The summed E-state index contributed by atoms with van der Waals surface area (Å²) in [6.45, 7) is 7.95. The van der Waals surface area contributed by atoms with Crippen LogP contribution in [0.4, 0.5) is 23.7 Å². The Balaban J connectivity index is 2.70. The number of hydrogen-bond acceptors (Lipinski definition) is 5. The van der Waals surface area contributed by atoms with Gasteiger partial charge in [0.05, 0.1) is 5.56 Å². The minimum Gasteiger partial charge on any atom is -0.456 e. The first-order chi connectivity index (χ1) is 12.6. The maximum atomic E-state index is 12.3. The van der Waals surface area contributed by atoms with Crippen molar-refractivity contribution in [3.05, 3.63) is 29.3 Å². The lowest BCUT2D eigenvalue weighted by atomic mass is 10.0. The van der Waals surface area contributed by atoms with Gasteiger partial charge in [0.1, 0.15) is 11.2 Å². The number of carbonyl (C=O) groups excluding carboxylic acids is 2. The first-order valence-electron chi connectivity index (χ1n) is 8.73. The number of nitrogen functional groups attached to an aromatic ring is 1. The van der Waals surface area contributed by atoms with Crippen LogP contribution in [0.1, 0.15) is 63.4 Å². The number of anilines is 1. The standard InChI is InChI=1S/C19H27F3N2O4/c1-17(2,3)27-15(25)12-6-7-14(23)13(10-12)11-24-16(26)28-18(4,5)8-9-19(20,21)22/h6-7,10H,8-9,11,23H2,1-5H3,(H,24,26). The quantitative estimate of drug-likeness (QED) is 0.535. The molecule has 1 amide bonds. The van der Waals surface area contributed by atoms with Crippen LogP contribution in [-0.4, -0.2) is 29.4 Å². The van der Waals surface area contributed by atoms with Gasteiger partial charge in [-0.2, -0.15) is 13.2 Å². The lowest BCUT2D eigenvalue weighted by Crippen LogP contribution is -2.35. The minimum atomic E-state index is -4.33. The Hall–Kier alpha value is -2.45. The van der Waals surface area contributed by atoms with E-state index in [1.807, 2.05) is 0 Å². The number of alkyl carbamates (subject to hydrolysis) is 1. The lowest BCUT2D eigenvalue weighted by Gasteiger charge is -2.25. The molecule has 0 aliphatic carbocycles. The molecule has 1 rings (SSSR count). The number of hydrogen-bond donors (Lipinski definition) is 2. The van der Waals surface area contributed by atoms with E-state index in [2.05, 4.69) is 5.32 Å². The van der Waals surface area contributed by atoms with Crippen molar-refractivity contribution in [2.75, 3.05) is 5.73 Å². The van der Waals surface area contributed by atoms with Crippen LogP contribution in [0.15, 0.2) is 18.2 Å². The highest BCUT2D eigenvalue weighted by atomic mass is 19.4. The van der Waals surface area contributed by atoms with Crippen molar-refractivity contribution in [3.8, 4) is 0 Å². The normalized spacial score (nSPS) is 12.4. The average Bonchev–Trinajstić information content (AvgIpc) is 2.49. The molecule has 0 aliphatic heterocycles. The zero-order valence-corrected chi connectivity index (χ0v) is 16.7. The molecule has 0 saturated heterocycles. The number of nitrogens with two attached hydrogens (primary N) is 1. The molecular formula is C19H27F3N2O4. The molecule has 158 valence electrons. The van der Waals surface area contributed by atoms with Crippen LogP contribution in [0.3, 0.4) is 0 Å². The molecule has 0 atom stereocenters. The average molecular weight is 404 g/mol. The predicted octanol–water partition coefficient (Wildman–Crippen LogP) is 4.57. The highest BCUT2D eigenvalue weighted by molar-refractivity contribution is 5.90. The first-order valence-corrected chi connectivity index (χ1v) is 8.73. The second kappa shape index (κ2) is 8.70. The van der Waals surface area contributed by atoms with Crippen molar-refractivity contribution in [2.24, 2.45) is 0 Å².